The Kier molecular flexibility index (Phi) is 4.14. The molecule has 1 aromatic heterocycles. The molecule has 3 amide bonds. The Balaban J connectivity index is 1.35. The number of dihydropyridines is 1. The van der Waals surface area contributed by atoms with Crippen LogP contribution < -0.4 is 16.0 Å². The molecule has 0 radical (unpaired) electrons. The molecule has 2 atom stereocenters. The van der Waals surface area contributed by atoms with Crippen molar-refractivity contribution < 1.29 is 9.59 Å². The van der Waals surface area contributed by atoms with E-state index in [0.29, 0.717) is 17.6 Å². The molecule has 4 aliphatic rings. The van der Waals surface area contributed by atoms with E-state index in [-0.39, 0.29) is 18.0 Å². The number of hydrogen-bond acceptors (Lipinski definition) is 6. The maximum atomic E-state index is 13.0. The summed E-state index contributed by atoms with van der Waals surface area (Å²) in [5.41, 5.74) is 0.956. The van der Waals surface area contributed by atoms with Crippen molar-refractivity contribution in [3.8, 4) is 0 Å². The van der Waals surface area contributed by atoms with E-state index in [1.807, 2.05) is 12.2 Å². The molecular weight excluding hydrogens is 358 g/mol. The Morgan fingerprint density at radius 1 is 1.29 bits per heavy atom. The zero-order chi connectivity index (χ0) is 19.1. The number of nitrogens with one attached hydrogen (secondary N) is 3. The number of nitrogens with zero attached hydrogens (tertiary/aromatic N) is 4. The molecule has 5 rings (SSSR count). The van der Waals surface area contributed by atoms with E-state index in [0.717, 1.165) is 31.8 Å². The van der Waals surface area contributed by atoms with E-state index in [2.05, 4.69) is 30.8 Å². The molecule has 2 bridgehead atoms. The highest BCUT2D eigenvalue weighted by Crippen LogP contribution is 2.33. The lowest BCUT2D eigenvalue weighted by molar-refractivity contribution is -0.122. The Bertz CT molecular complexity index is 849. The molecule has 1 aliphatic carbocycles. The van der Waals surface area contributed by atoms with Crippen LogP contribution in [0.5, 0.6) is 0 Å². The van der Waals surface area contributed by atoms with Gasteiger partial charge in [-0.25, -0.2) is 14.8 Å². The average molecular weight is 381 g/mol. The van der Waals surface area contributed by atoms with Crippen LogP contribution >= 0.6 is 0 Å². The highest BCUT2D eigenvalue weighted by Gasteiger charge is 2.42. The van der Waals surface area contributed by atoms with Gasteiger partial charge in [-0.3, -0.25) is 15.0 Å². The number of fused-ring (bicyclic) bond motifs is 3. The summed E-state index contributed by atoms with van der Waals surface area (Å²) in [6.07, 6.45) is 10.1. The highest BCUT2D eigenvalue weighted by atomic mass is 16.2. The summed E-state index contributed by atoms with van der Waals surface area (Å²) in [5.74, 6) is 1.71. The predicted molar refractivity (Wildman–Crippen MR) is 102 cm³/mol. The van der Waals surface area contributed by atoms with Crippen LogP contribution in [0.25, 0.3) is 0 Å². The maximum Gasteiger partial charge on any atom is 0.328 e. The monoisotopic (exact) mass is 381 g/mol. The van der Waals surface area contributed by atoms with Gasteiger partial charge in [-0.05, 0) is 37.3 Å². The number of carbonyl (C=O) groups is 2. The molecule has 1 saturated carbocycles. The van der Waals surface area contributed by atoms with Crippen LogP contribution in [0, 0.1) is 5.92 Å². The Hall–Kier alpha value is -3.10. The number of urea groups is 1. The number of allylic oxidation sites excluding steroid dienone is 1. The number of amides is 3. The fourth-order valence-corrected chi connectivity index (χ4v) is 3.97. The van der Waals surface area contributed by atoms with Crippen LogP contribution in [0.1, 0.15) is 19.3 Å². The van der Waals surface area contributed by atoms with Crippen molar-refractivity contribution >= 4 is 17.8 Å². The van der Waals surface area contributed by atoms with Gasteiger partial charge in [0.2, 0.25) is 5.91 Å². The van der Waals surface area contributed by atoms with Gasteiger partial charge in [0.25, 0.3) is 0 Å². The Labute approximate surface area is 162 Å². The van der Waals surface area contributed by atoms with E-state index in [1.54, 1.807) is 17.2 Å². The molecule has 28 heavy (non-hydrogen) atoms. The van der Waals surface area contributed by atoms with Crippen molar-refractivity contribution in [2.45, 2.75) is 31.3 Å². The van der Waals surface area contributed by atoms with Gasteiger partial charge < -0.3 is 15.5 Å². The molecule has 1 unspecified atom stereocenters. The minimum absolute atomic E-state index is 0.0567. The summed E-state index contributed by atoms with van der Waals surface area (Å²) >= 11 is 0. The first kappa shape index (κ1) is 17.0. The zero-order valence-electron chi connectivity index (χ0n) is 15.5. The van der Waals surface area contributed by atoms with Gasteiger partial charge in [0, 0.05) is 25.8 Å². The van der Waals surface area contributed by atoms with E-state index >= 15 is 0 Å². The van der Waals surface area contributed by atoms with Crippen LogP contribution in [0.15, 0.2) is 42.3 Å². The molecule has 3 aliphatic heterocycles. The van der Waals surface area contributed by atoms with Gasteiger partial charge in [0.05, 0.1) is 11.7 Å². The molecule has 2 fully saturated rings. The SMILES string of the molecule is O=C(NCC1CC1)C1C=CC2=C(N1)N(C(=O)Nc1ccncn1)[C@H]1CCN2C1. The van der Waals surface area contributed by atoms with Crippen LogP contribution in [0.4, 0.5) is 10.6 Å². The van der Waals surface area contributed by atoms with Gasteiger partial charge in [0.1, 0.15) is 24.0 Å². The van der Waals surface area contributed by atoms with Gasteiger partial charge in [-0.15, -0.1) is 0 Å². The predicted octanol–water partition coefficient (Wildman–Crippen LogP) is 0.622. The van der Waals surface area contributed by atoms with Crippen molar-refractivity contribution in [3.63, 3.8) is 0 Å². The van der Waals surface area contributed by atoms with Gasteiger partial charge in [-0.1, -0.05) is 6.08 Å². The molecule has 9 heteroatoms. The summed E-state index contributed by atoms with van der Waals surface area (Å²) in [6, 6.07) is 0.985. The fraction of sp³-hybridized carbons (Fsp3) is 0.474. The van der Waals surface area contributed by atoms with E-state index < -0.39 is 6.04 Å². The van der Waals surface area contributed by atoms with Gasteiger partial charge in [0.15, 0.2) is 0 Å². The smallest absolute Gasteiger partial charge is 0.328 e. The van der Waals surface area contributed by atoms with Gasteiger partial charge in [-0.2, -0.15) is 0 Å². The van der Waals surface area contributed by atoms with Crippen LogP contribution in [0.3, 0.4) is 0 Å². The molecule has 0 aromatic carbocycles. The highest BCUT2D eigenvalue weighted by molar-refractivity contribution is 5.91. The summed E-state index contributed by atoms with van der Waals surface area (Å²) in [5, 5.41) is 9.13. The van der Waals surface area contributed by atoms with Crippen molar-refractivity contribution in [2.75, 3.05) is 25.0 Å². The lowest BCUT2D eigenvalue weighted by atomic mass is 10.1. The first-order chi connectivity index (χ1) is 13.7. The number of carbonyl (C=O) groups excluding carboxylic acids is 2. The van der Waals surface area contributed by atoms with Crippen molar-refractivity contribution in [3.05, 3.63) is 42.3 Å². The summed E-state index contributed by atoms with van der Waals surface area (Å²) in [6.45, 7) is 2.41. The molecule has 0 spiro atoms. The minimum atomic E-state index is -0.481. The fourth-order valence-electron chi connectivity index (χ4n) is 3.97. The number of anilines is 1. The third kappa shape index (κ3) is 3.17. The molecular formula is C19H23N7O2. The van der Waals surface area contributed by atoms with Crippen LogP contribution in [-0.4, -0.2) is 63.4 Å². The Morgan fingerprint density at radius 2 is 2.18 bits per heavy atom. The lowest BCUT2D eigenvalue weighted by Crippen LogP contribution is -2.56. The second-order valence-corrected chi connectivity index (χ2v) is 7.69. The zero-order valence-corrected chi connectivity index (χ0v) is 15.5. The molecule has 1 aromatic rings. The van der Waals surface area contributed by atoms with Gasteiger partial charge >= 0.3 is 6.03 Å². The molecule has 3 N–H and O–H groups in total. The third-order valence-corrected chi connectivity index (χ3v) is 5.67. The molecule has 1 saturated heterocycles. The summed E-state index contributed by atoms with van der Waals surface area (Å²) < 4.78 is 0. The maximum absolute atomic E-state index is 13.0. The first-order valence-electron chi connectivity index (χ1n) is 9.77. The van der Waals surface area contributed by atoms with Crippen LogP contribution in [0.2, 0.25) is 0 Å². The normalized spacial score (nSPS) is 25.3. The van der Waals surface area contributed by atoms with Crippen molar-refractivity contribution in [1.29, 1.82) is 0 Å². The van der Waals surface area contributed by atoms with Crippen molar-refractivity contribution in [1.82, 2.24) is 30.4 Å². The molecule has 4 heterocycles. The number of aromatic nitrogens is 2. The standard InChI is InChI=1S/C19H23N7O2/c27-18(21-9-12-1-2-12)14-3-4-15-17(23-14)26(13-6-8-25(15)10-13)19(28)24-16-5-7-20-11-22-16/h3-5,7,11-14,23H,1-2,6,8-10H2,(H,21,27)(H,20,22,24,28)/t13-,14?/m0/s1. The average Bonchev–Trinajstić information content (AvgIpc) is 3.46. The van der Waals surface area contributed by atoms with E-state index in [4.69, 9.17) is 0 Å². The number of rotatable bonds is 4. The number of hydrogen-bond donors (Lipinski definition) is 3. The summed E-state index contributed by atoms with van der Waals surface area (Å²) in [4.78, 5) is 37.6. The largest absolute Gasteiger partial charge is 0.366 e. The van der Waals surface area contributed by atoms with Crippen molar-refractivity contribution in [2.24, 2.45) is 5.92 Å². The van der Waals surface area contributed by atoms with E-state index in [1.165, 1.54) is 19.2 Å². The lowest BCUT2D eigenvalue weighted by Gasteiger charge is -2.40. The second-order valence-electron chi connectivity index (χ2n) is 7.69. The summed E-state index contributed by atoms with van der Waals surface area (Å²) in [7, 11) is 0. The Morgan fingerprint density at radius 3 is 2.96 bits per heavy atom. The third-order valence-electron chi connectivity index (χ3n) is 5.67. The quantitative estimate of drug-likeness (QED) is 0.707. The van der Waals surface area contributed by atoms with Crippen LogP contribution in [-0.2, 0) is 4.79 Å². The molecule has 9 nitrogen and oxygen atoms in total. The first-order valence-corrected chi connectivity index (χ1v) is 9.77. The minimum Gasteiger partial charge on any atom is -0.366 e. The molecule has 146 valence electrons. The van der Waals surface area contributed by atoms with E-state index in [9.17, 15) is 9.59 Å². The second kappa shape index (κ2) is 6.81. The topological polar surface area (TPSA) is 102 Å².